The summed E-state index contributed by atoms with van der Waals surface area (Å²) < 4.78 is 12.5. The highest BCUT2D eigenvalue weighted by molar-refractivity contribution is 5.03. The Morgan fingerprint density at radius 3 is 2.25 bits per heavy atom. The van der Waals surface area contributed by atoms with Gasteiger partial charge in [0.15, 0.2) is 5.82 Å². The molecule has 0 radical (unpaired) electrons. The van der Waals surface area contributed by atoms with E-state index in [4.69, 9.17) is 0 Å². The lowest BCUT2D eigenvalue weighted by atomic mass is 9.89. The van der Waals surface area contributed by atoms with E-state index in [2.05, 4.69) is 16.9 Å². The molecular formula is C9H13FN2. The van der Waals surface area contributed by atoms with Gasteiger partial charge in [-0.15, -0.1) is 0 Å². The Balaban J connectivity index is 2.96. The highest BCUT2D eigenvalue weighted by Gasteiger charge is 2.20. The van der Waals surface area contributed by atoms with E-state index in [9.17, 15) is 4.39 Å². The summed E-state index contributed by atoms with van der Waals surface area (Å²) in [6, 6.07) is 0. The minimum absolute atomic E-state index is 0.0618. The first kappa shape index (κ1) is 9.10. The molecule has 0 N–H and O–H groups in total. The Morgan fingerprint density at radius 2 is 1.83 bits per heavy atom. The van der Waals surface area contributed by atoms with Crippen LogP contribution in [0, 0.1) is 5.82 Å². The van der Waals surface area contributed by atoms with Gasteiger partial charge in [0.05, 0.1) is 12.4 Å². The third-order valence-corrected chi connectivity index (χ3v) is 2.11. The number of hydrogen-bond acceptors (Lipinski definition) is 2. The molecule has 0 unspecified atom stereocenters. The first-order valence-electron chi connectivity index (χ1n) is 4.04. The second-order valence-corrected chi connectivity index (χ2v) is 3.46. The Kier molecular flexibility index (Phi) is 2.40. The van der Waals surface area contributed by atoms with E-state index in [1.165, 1.54) is 12.4 Å². The predicted molar refractivity (Wildman–Crippen MR) is 45.3 cm³/mol. The van der Waals surface area contributed by atoms with Gasteiger partial charge in [0.2, 0.25) is 0 Å². The minimum Gasteiger partial charge on any atom is -0.238 e. The lowest BCUT2D eigenvalue weighted by molar-refractivity contribution is 0.466. The summed E-state index contributed by atoms with van der Waals surface area (Å²) in [7, 11) is 0. The molecule has 1 aromatic heterocycles. The quantitative estimate of drug-likeness (QED) is 0.677. The average molecular weight is 168 g/mol. The molecule has 0 aliphatic heterocycles. The van der Waals surface area contributed by atoms with Crippen LogP contribution >= 0.6 is 0 Å². The zero-order valence-corrected chi connectivity index (χ0v) is 7.63. The van der Waals surface area contributed by atoms with E-state index in [1.54, 1.807) is 0 Å². The second-order valence-electron chi connectivity index (χ2n) is 3.46. The number of hydrogen-bond donors (Lipinski definition) is 0. The number of aromatic nitrogens is 2. The molecule has 2 nitrogen and oxygen atoms in total. The molecule has 12 heavy (non-hydrogen) atoms. The lowest BCUT2D eigenvalue weighted by Gasteiger charge is -2.19. The molecule has 1 aromatic rings. The summed E-state index contributed by atoms with van der Waals surface area (Å²) in [6.07, 6.45) is 3.36. The third-order valence-electron chi connectivity index (χ3n) is 2.11. The fourth-order valence-electron chi connectivity index (χ4n) is 0.820. The van der Waals surface area contributed by atoms with E-state index in [-0.39, 0.29) is 11.2 Å². The van der Waals surface area contributed by atoms with E-state index in [0.717, 1.165) is 6.42 Å². The van der Waals surface area contributed by atoms with Crippen LogP contribution in [0.25, 0.3) is 0 Å². The van der Waals surface area contributed by atoms with Crippen molar-refractivity contribution in [3.05, 3.63) is 24.0 Å². The molecule has 0 saturated heterocycles. The molecule has 1 heterocycles. The molecule has 0 aliphatic carbocycles. The van der Waals surface area contributed by atoms with Crippen molar-refractivity contribution in [1.82, 2.24) is 9.97 Å². The normalized spacial score (nSPS) is 11.7. The van der Waals surface area contributed by atoms with Gasteiger partial charge < -0.3 is 0 Å². The molecular weight excluding hydrogens is 155 g/mol. The van der Waals surface area contributed by atoms with Crippen LogP contribution in [-0.4, -0.2) is 9.97 Å². The lowest BCUT2D eigenvalue weighted by Crippen LogP contribution is -2.19. The van der Waals surface area contributed by atoms with Gasteiger partial charge in [-0.2, -0.15) is 0 Å². The Bertz CT molecular complexity index is 254. The molecule has 0 atom stereocenters. The van der Waals surface area contributed by atoms with E-state index < -0.39 is 0 Å². The first-order valence-corrected chi connectivity index (χ1v) is 4.04. The summed E-state index contributed by atoms with van der Waals surface area (Å²) in [4.78, 5) is 7.87. The number of halogens is 1. The molecule has 1 rings (SSSR count). The Morgan fingerprint density at radius 1 is 1.33 bits per heavy atom. The topological polar surface area (TPSA) is 25.8 Å². The SMILES string of the molecule is CCC(C)(C)c1ncc(F)cn1. The number of nitrogens with zero attached hydrogens (tertiary/aromatic N) is 2. The molecule has 0 aliphatic rings. The molecule has 0 spiro atoms. The van der Waals surface area contributed by atoms with Gasteiger partial charge in [0.25, 0.3) is 0 Å². The second kappa shape index (κ2) is 3.17. The molecule has 66 valence electrons. The average Bonchev–Trinajstić information content (AvgIpc) is 2.05. The first-order chi connectivity index (χ1) is 5.56. The van der Waals surface area contributed by atoms with Gasteiger partial charge in [-0.3, -0.25) is 0 Å². The van der Waals surface area contributed by atoms with Crippen LogP contribution < -0.4 is 0 Å². The minimum atomic E-state index is -0.384. The highest BCUT2D eigenvalue weighted by atomic mass is 19.1. The van der Waals surface area contributed by atoms with Crippen molar-refractivity contribution in [2.45, 2.75) is 32.6 Å². The summed E-state index contributed by atoms with van der Waals surface area (Å²) in [5, 5.41) is 0. The summed E-state index contributed by atoms with van der Waals surface area (Å²) >= 11 is 0. The Labute approximate surface area is 71.9 Å². The standard InChI is InChI=1S/C9H13FN2/c1-4-9(2,3)8-11-5-7(10)6-12-8/h5-6H,4H2,1-3H3. The van der Waals surface area contributed by atoms with Crippen LogP contribution in [0.5, 0.6) is 0 Å². The van der Waals surface area contributed by atoms with E-state index in [1.807, 2.05) is 13.8 Å². The van der Waals surface area contributed by atoms with Crippen LogP contribution in [0.15, 0.2) is 12.4 Å². The van der Waals surface area contributed by atoms with Crippen LogP contribution in [0.4, 0.5) is 4.39 Å². The number of rotatable bonds is 2. The molecule has 0 aromatic carbocycles. The van der Waals surface area contributed by atoms with E-state index >= 15 is 0 Å². The molecule has 0 fully saturated rings. The van der Waals surface area contributed by atoms with Crippen LogP contribution in [0.3, 0.4) is 0 Å². The zero-order chi connectivity index (χ0) is 9.19. The monoisotopic (exact) mass is 168 g/mol. The highest BCUT2D eigenvalue weighted by Crippen LogP contribution is 2.22. The maximum Gasteiger partial charge on any atom is 0.159 e. The van der Waals surface area contributed by atoms with Crippen molar-refractivity contribution < 1.29 is 4.39 Å². The zero-order valence-electron chi connectivity index (χ0n) is 7.63. The van der Waals surface area contributed by atoms with Crippen molar-refractivity contribution in [3.63, 3.8) is 0 Å². The maximum atomic E-state index is 12.5. The predicted octanol–water partition coefficient (Wildman–Crippen LogP) is 2.30. The summed E-state index contributed by atoms with van der Waals surface area (Å²) in [5.74, 6) is 0.317. The molecule has 0 saturated carbocycles. The fraction of sp³-hybridized carbons (Fsp3) is 0.556. The Hall–Kier alpha value is -0.990. The largest absolute Gasteiger partial charge is 0.238 e. The van der Waals surface area contributed by atoms with Crippen molar-refractivity contribution in [3.8, 4) is 0 Å². The molecule has 0 amide bonds. The van der Waals surface area contributed by atoms with E-state index in [0.29, 0.717) is 5.82 Å². The van der Waals surface area contributed by atoms with Gasteiger partial charge in [0, 0.05) is 5.41 Å². The van der Waals surface area contributed by atoms with Crippen LogP contribution in [0.1, 0.15) is 33.0 Å². The van der Waals surface area contributed by atoms with Crippen molar-refractivity contribution in [1.29, 1.82) is 0 Å². The van der Waals surface area contributed by atoms with Crippen LogP contribution in [0.2, 0.25) is 0 Å². The smallest absolute Gasteiger partial charge is 0.159 e. The van der Waals surface area contributed by atoms with Crippen molar-refractivity contribution in [2.24, 2.45) is 0 Å². The summed E-state index contributed by atoms with van der Waals surface area (Å²) in [5.41, 5.74) is -0.0618. The van der Waals surface area contributed by atoms with Crippen molar-refractivity contribution in [2.75, 3.05) is 0 Å². The molecule has 3 heteroatoms. The summed E-state index contributed by atoms with van der Waals surface area (Å²) in [6.45, 7) is 6.15. The van der Waals surface area contributed by atoms with Gasteiger partial charge >= 0.3 is 0 Å². The van der Waals surface area contributed by atoms with Gasteiger partial charge in [-0.1, -0.05) is 20.8 Å². The van der Waals surface area contributed by atoms with Crippen molar-refractivity contribution >= 4 is 0 Å². The van der Waals surface area contributed by atoms with Crippen LogP contribution in [-0.2, 0) is 5.41 Å². The van der Waals surface area contributed by atoms with Gasteiger partial charge in [-0.05, 0) is 6.42 Å². The van der Waals surface area contributed by atoms with Gasteiger partial charge in [-0.25, -0.2) is 14.4 Å². The van der Waals surface area contributed by atoms with Gasteiger partial charge in [0.1, 0.15) is 5.82 Å². The third kappa shape index (κ3) is 1.78. The fourth-order valence-corrected chi connectivity index (χ4v) is 0.820. The molecule has 0 bridgehead atoms. The maximum absolute atomic E-state index is 12.5.